The zero-order chi connectivity index (χ0) is 19.8. The third-order valence-electron chi connectivity index (χ3n) is 4.21. The summed E-state index contributed by atoms with van der Waals surface area (Å²) in [5, 5.41) is 12.4. The van der Waals surface area contributed by atoms with Crippen LogP contribution in [0.2, 0.25) is 0 Å². The van der Waals surface area contributed by atoms with Crippen molar-refractivity contribution in [1.29, 1.82) is 5.26 Å². The van der Waals surface area contributed by atoms with Gasteiger partial charge in [-0.15, -0.1) is 0 Å². The highest BCUT2D eigenvalue weighted by Gasteiger charge is 2.13. The average Bonchev–Trinajstić information content (AvgIpc) is 2.72. The molecule has 0 spiro atoms. The van der Waals surface area contributed by atoms with Crippen LogP contribution in [0, 0.1) is 18.3 Å². The SMILES string of the molecule is Cc1cccc(NC(=O)/C(C#N)=C\N(Cc2ccccc2)c2ccccc2)c1. The van der Waals surface area contributed by atoms with Gasteiger partial charge in [0.2, 0.25) is 0 Å². The predicted molar refractivity (Wildman–Crippen MR) is 113 cm³/mol. The lowest BCUT2D eigenvalue weighted by atomic mass is 10.2. The summed E-state index contributed by atoms with van der Waals surface area (Å²) >= 11 is 0. The quantitative estimate of drug-likeness (QED) is 0.490. The number of carbonyl (C=O) groups excluding carboxylic acids is 1. The van der Waals surface area contributed by atoms with Gasteiger partial charge in [0.05, 0.1) is 0 Å². The zero-order valence-electron chi connectivity index (χ0n) is 15.7. The Labute approximate surface area is 165 Å². The lowest BCUT2D eigenvalue weighted by molar-refractivity contribution is -0.112. The van der Waals surface area contributed by atoms with Crippen LogP contribution in [-0.2, 0) is 11.3 Å². The van der Waals surface area contributed by atoms with Gasteiger partial charge in [-0.1, -0.05) is 60.7 Å². The minimum atomic E-state index is -0.429. The molecule has 0 bridgehead atoms. The van der Waals surface area contributed by atoms with E-state index in [2.05, 4.69) is 5.32 Å². The van der Waals surface area contributed by atoms with E-state index in [0.717, 1.165) is 16.8 Å². The van der Waals surface area contributed by atoms with Crippen molar-refractivity contribution in [2.45, 2.75) is 13.5 Å². The number of hydrogen-bond donors (Lipinski definition) is 1. The fourth-order valence-corrected chi connectivity index (χ4v) is 2.83. The summed E-state index contributed by atoms with van der Waals surface area (Å²) in [4.78, 5) is 14.6. The van der Waals surface area contributed by atoms with Gasteiger partial charge in [0.1, 0.15) is 11.6 Å². The number of nitrogens with one attached hydrogen (secondary N) is 1. The largest absolute Gasteiger partial charge is 0.342 e. The highest BCUT2D eigenvalue weighted by molar-refractivity contribution is 6.06. The van der Waals surface area contributed by atoms with E-state index in [0.29, 0.717) is 12.2 Å². The molecule has 0 aliphatic rings. The van der Waals surface area contributed by atoms with Gasteiger partial charge in [0, 0.05) is 24.1 Å². The molecule has 4 heteroatoms. The molecular formula is C24H21N3O. The maximum absolute atomic E-state index is 12.6. The highest BCUT2D eigenvalue weighted by Crippen LogP contribution is 2.19. The minimum absolute atomic E-state index is 0.0429. The molecule has 0 aliphatic heterocycles. The van der Waals surface area contributed by atoms with Crippen molar-refractivity contribution in [3.63, 3.8) is 0 Å². The highest BCUT2D eigenvalue weighted by atomic mass is 16.1. The molecule has 0 unspecified atom stereocenters. The summed E-state index contributed by atoms with van der Waals surface area (Å²) in [6.45, 7) is 2.50. The van der Waals surface area contributed by atoms with Gasteiger partial charge in [-0.05, 0) is 42.3 Å². The van der Waals surface area contributed by atoms with E-state index in [-0.39, 0.29) is 5.57 Å². The molecule has 0 fully saturated rings. The fourth-order valence-electron chi connectivity index (χ4n) is 2.83. The smallest absolute Gasteiger partial charge is 0.267 e. The van der Waals surface area contributed by atoms with Gasteiger partial charge in [-0.25, -0.2) is 0 Å². The van der Waals surface area contributed by atoms with E-state index in [9.17, 15) is 10.1 Å². The molecule has 0 atom stereocenters. The molecule has 0 radical (unpaired) electrons. The molecule has 1 amide bonds. The number of carbonyl (C=O) groups is 1. The molecule has 0 heterocycles. The van der Waals surface area contributed by atoms with Gasteiger partial charge < -0.3 is 10.2 Å². The standard InChI is InChI=1S/C24H21N3O/c1-19-9-8-12-22(15-19)26-24(28)21(16-25)18-27(23-13-6-3-7-14-23)17-20-10-4-2-5-11-20/h2-15,18H,17H2,1H3,(H,26,28)/b21-18-. The molecule has 1 N–H and O–H groups in total. The Morgan fingerprint density at radius 3 is 2.32 bits per heavy atom. The van der Waals surface area contributed by atoms with Gasteiger partial charge >= 0.3 is 0 Å². The summed E-state index contributed by atoms with van der Waals surface area (Å²) < 4.78 is 0. The first kappa shape index (κ1) is 18.9. The van der Waals surface area contributed by atoms with E-state index in [1.54, 1.807) is 12.3 Å². The first-order chi connectivity index (χ1) is 13.7. The van der Waals surface area contributed by atoms with Crippen molar-refractivity contribution >= 4 is 17.3 Å². The van der Waals surface area contributed by atoms with Crippen LogP contribution in [0.5, 0.6) is 0 Å². The zero-order valence-corrected chi connectivity index (χ0v) is 15.7. The first-order valence-electron chi connectivity index (χ1n) is 9.01. The second-order valence-corrected chi connectivity index (χ2v) is 6.43. The second kappa shape index (κ2) is 9.20. The molecule has 138 valence electrons. The van der Waals surface area contributed by atoms with Gasteiger partial charge in [-0.3, -0.25) is 4.79 Å². The Hall–Kier alpha value is -3.84. The normalized spacial score (nSPS) is 10.8. The van der Waals surface area contributed by atoms with Crippen molar-refractivity contribution in [3.8, 4) is 6.07 Å². The Kier molecular flexibility index (Phi) is 6.22. The van der Waals surface area contributed by atoms with Crippen LogP contribution in [-0.4, -0.2) is 5.91 Å². The number of nitrogens with zero attached hydrogens (tertiary/aromatic N) is 2. The molecule has 0 saturated heterocycles. The Bertz CT molecular complexity index is 1000. The van der Waals surface area contributed by atoms with Gasteiger partial charge in [0.15, 0.2) is 0 Å². The monoisotopic (exact) mass is 367 g/mol. The average molecular weight is 367 g/mol. The van der Waals surface area contributed by atoms with E-state index in [4.69, 9.17) is 0 Å². The second-order valence-electron chi connectivity index (χ2n) is 6.43. The number of para-hydroxylation sites is 1. The number of nitriles is 1. The van der Waals surface area contributed by atoms with Crippen LogP contribution in [0.3, 0.4) is 0 Å². The molecular weight excluding hydrogens is 346 g/mol. The number of rotatable bonds is 6. The summed E-state index contributed by atoms with van der Waals surface area (Å²) in [6, 6.07) is 29.2. The van der Waals surface area contributed by atoms with Crippen molar-refractivity contribution in [2.24, 2.45) is 0 Å². The minimum Gasteiger partial charge on any atom is -0.342 e. The van der Waals surface area contributed by atoms with Crippen LogP contribution in [0.25, 0.3) is 0 Å². The van der Waals surface area contributed by atoms with E-state index < -0.39 is 5.91 Å². The van der Waals surface area contributed by atoms with Crippen molar-refractivity contribution in [1.82, 2.24) is 0 Å². The molecule has 0 saturated carbocycles. The molecule has 3 aromatic rings. The van der Waals surface area contributed by atoms with Crippen LogP contribution < -0.4 is 10.2 Å². The lowest BCUT2D eigenvalue weighted by Gasteiger charge is -2.21. The Balaban J connectivity index is 1.88. The third-order valence-corrected chi connectivity index (χ3v) is 4.21. The summed E-state index contributed by atoms with van der Waals surface area (Å²) in [7, 11) is 0. The summed E-state index contributed by atoms with van der Waals surface area (Å²) in [5.74, 6) is -0.429. The predicted octanol–water partition coefficient (Wildman–Crippen LogP) is 5.05. The molecule has 0 aromatic heterocycles. The first-order valence-corrected chi connectivity index (χ1v) is 9.01. The molecule has 3 rings (SSSR count). The van der Waals surface area contributed by atoms with Crippen LogP contribution in [0.15, 0.2) is 96.7 Å². The third kappa shape index (κ3) is 5.09. The van der Waals surface area contributed by atoms with Crippen molar-refractivity contribution in [2.75, 3.05) is 10.2 Å². The van der Waals surface area contributed by atoms with Crippen molar-refractivity contribution < 1.29 is 4.79 Å². The summed E-state index contributed by atoms with van der Waals surface area (Å²) in [5.41, 5.74) is 3.73. The summed E-state index contributed by atoms with van der Waals surface area (Å²) in [6.07, 6.45) is 1.60. The van der Waals surface area contributed by atoms with E-state index in [1.165, 1.54) is 0 Å². The Morgan fingerprint density at radius 1 is 1.00 bits per heavy atom. The molecule has 4 nitrogen and oxygen atoms in total. The van der Waals surface area contributed by atoms with E-state index in [1.807, 2.05) is 96.8 Å². The fraction of sp³-hybridized carbons (Fsp3) is 0.0833. The number of anilines is 2. The lowest BCUT2D eigenvalue weighted by Crippen LogP contribution is -2.20. The maximum Gasteiger partial charge on any atom is 0.267 e. The number of hydrogen-bond acceptors (Lipinski definition) is 3. The van der Waals surface area contributed by atoms with Gasteiger partial charge in [0.25, 0.3) is 5.91 Å². The number of aryl methyl sites for hydroxylation is 1. The molecule has 0 aliphatic carbocycles. The topological polar surface area (TPSA) is 56.1 Å². The number of amides is 1. The Morgan fingerprint density at radius 2 is 1.68 bits per heavy atom. The molecule has 3 aromatic carbocycles. The molecule has 28 heavy (non-hydrogen) atoms. The van der Waals surface area contributed by atoms with Gasteiger partial charge in [-0.2, -0.15) is 5.26 Å². The maximum atomic E-state index is 12.6. The van der Waals surface area contributed by atoms with E-state index >= 15 is 0 Å². The van der Waals surface area contributed by atoms with Crippen molar-refractivity contribution in [3.05, 3.63) is 108 Å². The number of benzene rings is 3. The van der Waals surface area contributed by atoms with Crippen LogP contribution >= 0.6 is 0 Å². The van der Waals surface area contributed by atoms with Crippen LogP contribution in [0.1, 0.15) is 11.1 Å². The van der Waals surface area contributed by atoms with Crippen LogP contribution in [0.4, 0.5) is 11.4 Å².